The molecule has 3 heteroatoms. The monoisotopic (exact) mass is 237 g/mol. The highest BCUT2D eigenvalue weighted by Gasteiger charge is 2.17. The number of rotatable bonds is 2. The van der Waals surface area contributed by atoms with E-state index in [1.54, 1.807) is 0 Å². The molecule has 1 aromatic heterocycles. The SMILES string of the molecule is Cc1ccsc1C(=O)NC1CCCCCC1. The summed E-state index contributed by atoms with van der Waals surface area (Å²) in [4.78, 5) is 12.9. The van der Waals surface area contributed by atoms with Gasteiger partial charge in [-0.15, -0.1) is 11.3 Å². The van der Waals surface area contributed by atoms with Gasteiger partial charge in [-0.2, -0.15) is 0 Å². The number of hydrogen-bond donors (Lipinski definition) is 1. The van der Waals surface area contributed by atoms with Crippen LogP contribution in [0.2, 0.25) is 0 Å². The maximum Gasteiger partial charge on any atom is 0.261 e. The molecule has 0 bridgehead atoms. The molecule has 0 unspecified atom stereocenters. The summed E-state index contributed by atoms with van der Waals surface area (Å²) in [5.74, 6) is 0.124. The Morgan fingerprint density at radius 1 is 1.31 bits per heavy atom. The van der Waals surface area contributed by atoms with E-state index in [1.807, 2.05) is 18.4 Å². The lowest BCUT2D eigenvalue weighted by Crippen LogP contribution is -2.34. The molecule has 0 radical (unpaired) electrons. The van der Waals surface area contributed by atoms with Gasteiger partial charge in [0.1, 0.15) is 0 Å². The first-order chi connectivity index (χ1) is 7.77. The number of carbonyl (C=O) groups is 1. The number of hydrogen-bond acceptors (Lipinski definition) is 2. The molecule has 16 heavy (non-hydrogen) atoms. The molecule has 2 rings (SSSR count). The molecule has 88 valence electrons. The summed E-state index contributed by atoms with van der Waals surface area (Å²) in [6, 6.07) is 2.41. The molecule has 1 aliphatic carbocycles. The number of amides is 1. The van der Waals surface area contributed by atoms with E-state index in [1.165, 1.54) is 37.0 Å². The van der Waals surface area contributed by atoms with Gasteiger partial charge in [0.25, 0.3) is 5.91 Å². The van der Waals surface area contributed by atoms with Crippen LogP contribution >= 0.6 is 11.3 Å². The third-order valence-electron chi connectivity index (χ3n) is 3.26. The topological polar surface area (TPSA) is 29.1 Å². The van der Waals surface area contributed by atoms with Gasteiger partial charge in [-0.1, -0.05) is 25.7 Å². The Labute approximate surface area is 101 Å². The Morgan fingerprint density at radius 2 is 2.00 bits per heavy atom. The zero-order chi connectivity index (χ0) is 11.4. The Morgan fingerprint density at radius 3 is 2.56 bits per heavy atom. The minimum absolute atomic E-state index is 0.124. The maximum absolute atomic E-state index is 12.0. The molecular formula is C13H19NOS. The molecule has 2 nitrogen and oxygen atoms in total. The Bertz CT molecular complexity index is 351. The van der Waals surface area contributed by atoms with Crippen molar-refractivity contribution in [2.45, 2.75) is 51.5 Å². The summed E-state index contributed by atoms with van der Waals surface area (Å²) in [7, 11) is 0. The smallest absolute Gasteiger partial charge is 0.261 e. The van der Waals surface area contributed by atoms with Gasteiger partial charge in [0.15, 0.2) is 0 Å². The molecule has 0 atom stereocenters. The molecular weight excluding hydrogens is 218 g/mol. The Balaban J connectivity index is 1.93. The van der Waals surface area contributed by atoms with Gasteiger partial charge in [0.05, 0.1) is 4.88 Å². The number of thiophene rings is 1. The minimum atomic E-state index is 0.124. The molecule has 1 aromatic rings. The van der Waals surface area contributed by atoms with E-state index in [0.717, 1.165) is 23.3 Å². The van der Waals surface area contributed by atoms with Crippen LogP contribution in [-0.2, 0) is 0 Å². The van der Waals surface area contributed by atoms with Crippen LogP contribution in [0.1, 0.15) is 53.8 Å². The fourth-order valence-electron chi connectivity index (χ4n) is 2.28. The highest BCUT2D eigenvalue weighted by Crippen LogP contribution is 2.19. The molecule has 1 amide bonds. The molecule has 1 fully saturated rings. The van der Waals surface area contributed by atoms with Crippen molar-refractivity contribution < 1.29 is 4.79 Å². The van der Waals surface area contributed by atoms with Gasteiger partial charge in [0.2, 0.25) is 0 Å². The Hall–Kier alpha value is -0.830. The van der Waals surface area contributed by atoms with Crippen molar-refractivity contribution in [3.63, 3.8) is 0 Å². The molecule has 1 aliphatic rings. The Kier molecular flexibility index (Phi) is 3.99. The normalized spacial score (nSPS) is 18.1. The summed E-state index contributed by atoms with van der Waals surface area (Å²) in [5.41, 5.74) is 1.09. The van der Waals surface area contributed by atoms with Crippen LogP contribution in [0.5, 0.6) is 0 Å². The number of nitrogens with one attached hydrogen (secondary N) is 1. The van der Waals surface area contributed by atoms with Gasteiger partial charge in [0, 0.05) is 6.04 Å². The molecule has 0 aliphatic heterocycles. The van der Waals surface area contributed by atoms with Crippen molar-refractivity contribution in [2.24, 2.45) is 0 Å². The van der Waals surface area contributed by atoms with Gasteiger partial charge in [-0.05, 0) is 36.8 Å². The van der Waals surface area contributed by atoms with Crippen LogP contribution < -0.4 is 5.32 Å². The lowest BCUT2D eigenvalue weighted by molar-refractivity contribution is 0.0937. The van der Waals surface area contributed by atoms with Gasteiger partial charge in [-0.3, -0.25) is 4.79 Å². The average Bonchev–Trinajstić information content (AvgIpc) is 2.53. The van der Waals surface area contributed by atoms with Crippen LogP contribution in [0.25, 0.3) is 0 Å². The minimum Gasteiger partial charge on any atom is -0.349 e. The van der Waals surface area contributed by atoms with E-state index in [2.05, 4.69) is 5.32 Å². The molecule has 1 N–H and O–H groups in total. The zero-order valence-electron chi connectivity index (χ0n) is 9.79. The highest BCUT2D eigenvalue weighted by molar-refractivity contribution is 7.12. The largest absolute Gasteiger partial charge is 0.349 e. The maximum atomic E-state index is 12.0. The van der Waals surface area contributed by atoms with Crippen molar-refractivity contribution in [3.8, 4) is 0 Å². The fourth-order valence-corrected chi connectivity index (χ4v) is 3.11. The first kappa shape index (κ1) is 11.6. The molecule has 0 spiro atoms. The number of aryl methyl sites for hydroxylation is 1. The highest BCUT2D eigenvalue weighted by atomic mass is 32.1. The van der Waals surface area contributed by atoms with Crippen molar-refractivity contribution in [3.05, 3.63) is 21.9 Å². The van der Waals surface area contributed by atoms with Crippen molar-refractivity contribution >= 4 is 17.2 Å². The van der Waals surface area contributed by atoms with Crippen molar-refractivity contribution in [2.75, 3.05) is 0 Å². The molecule has 0 saturated heterocycles. The van der Waals surface area contributed by atoms with Crippen molar-refractivity contribution in [1.29, 1.82) is 0 Å². The summed E-state index contributed by atoms with van der Waals surface area (Å²) < 4.78 is 0. The van der Waals surface area contributed by atoms with Gasteiger partial charge >= 0.3 is 0 Å². The second-order valence-electron chi connectivity index (χ2n) is 4.59. The van der Waals surface area contributed by atoms with Crippen LogP contribution in [0.3, 0.4) is 0 Å². The zero-order valence-corrected chi connectivity index (χ0v) is 10.6. The fraction of sp³-hybridized carbons (Fsp3) is 0.615. The standard InChI is InChI=1S/C13H19NOS/c1-10-8-9-16-12(10)13(15)14-11-6-4-2-3-5-7-11/h8-9,11H,2-7H2,1H3,(H,14,15). The molecule has 1 saturated carbocycles. The summed E-state index contributed by atoms with van der Waals surface area (Å²) in [5, 5.41) is 5.16. The molecule has 0 aromatic carbocycles. The van der Waals surface area contributed by atoms with E-state index in [9.17, 15) is 4.79 Å². The first-order valence-electron chi connectivity index (χ1n) is 6.12. The summed E-state index contributed by atoms with van der Waals surface area (Å²) in [6.07, 6.45) is 7.46. The van der Waals surface area contributed by atoms with Gasteiger partial charge < -0.3 is 5.32 Å². The lowest BCUT2D eigenvalue weighted by atomic mass is 10.1. The average molecular weight is 237 g/mol. The molecule has 1 heterocycles. The third-order valence-corrected chi connectivity index (χ3v) is 4.27. The van der Waals surface area contributed by atoms with Crippen molar-refractivity contribution in [1.82, 2.24) is 5.32 Å². The van der Waals surface area contributed by atoms with E-state index in [4.69, 9.17) is 0 Å². The van der Waals surface area contributed by atoms with E-state index in [-0.39, 0.29) is 5.91 Å². The van der Waals surface area contributed by atoms with Crippen LogP contribution in [-0.4, -0.2) is 11.9 Å². The van der Waals surface area contributed by atoms with Crippen LogP contribution in [0, 0.1) is 6.92 Å². The van der Waals surface area contributed by atoms with Crippen LogP contribution in [0.4, 0.5) is 0 Å². The van der Waals surface area contributed by atoms with E-state index >= 15 is 0 Å². The van der Waals surface area contributed by atoms with E-state index < -0.39 is 0 Å². The summed E-state index contributed by atoms with van der Waals surface area (Å²) >= 11 is 1.54. The third kappa shape index (κ3) is 2.85. The quantitative estimate of drug-likeness (QED) is 0.784. The second kappa shape index (κ2) is 5.48. The second-order valence-corrected chi connectivity index (χ2v) is 5.51. The summed E-state index contributed by atoms with van der Waals surface area (Å²) in [6.45, 7) is 2.00. The van der Waals surface area contributed by atoms with Crippen LogP contribution in [0.15, 0.2) is 11.4 Å². The first-order valence-corrected chi connectivity index (χ1v) is 7.00. The van der Waals surface area contributed by atoms with Gasteiger partial charge in [-0.25, -0.2) is 0 Å². The lowest BCUT2D eigenvalue weighted by Gasteiger charge is -2.15. The van der Waals surface area contributed by atoms with E-state index in [0.29, 0.717) is 6.04 Å². The predicted molar refractivity (Wildman–Crippen MR) is 68.0 cm³/mol. The number of carbonyl (C=O) groups excluding carboxylic acids is 1. The predicted octanol–water partition coefficient (Wildman–Crippen LogP) is 3.51.